The first-order valence-corrected chi connectivity index (χ1v) is 14.7. The summed E-state index contributed by atoms with van der Waals surface area (Å²) < 4.78 is 25.8. The minimum absolute atomic E-state index is 0.0122. The molecule has 1 fully saturated rings. The van der Waals surface area contributed by atoms with Crippen molar-refractivity contribution >= 4 is 51.7 Å². The predicted octanol–water partition coefficient (Wildman–Crippen LogP) is 4.60. The number of rotatable bonds is 8. The second-order valence-corrected chi connectivity index (χ2v) is 12.3. The maximum atomic E-state index is 12.4. The fourth-order valence-electron chi connectivity index (χ4n) is 4.75. The van der Waals surface area contributed by atoms with Gasteiger partial charge in [-0.05, 0) is 40.5 Å². The molecule has 2 aliphatic rings. The van der Waals surface area contributed by atoms with E-state index >= 15 is 0 Å². The number of fused-ring (bicyclic) bond motifs is 1. The maximum absolute atomic E-state index is 12.4. The maximum Gasteiger partial charge on any atom is 0.217 e. The summed E-state index contributed by atoms with van der Waals surface area (Å²) in [5.74, 6) is 0.820. The van der Waals surface area contributed by atoms with Crippen molar-refractivity contribution in [2.45, 2.75) is 73.0 Å². The average molecular weight is 565 g/mol. The number of carbonyl (C=O) groups excluding carboxylic acids is 1. The van der Waals surface area contributed by atoms with Gasteiger partial charge in [0.1, 0.15) is 0 Å². The zero-order chi connectivity index (χ0) is 21.7. The van der Waals surface area contributed by atoms with Crippen LogP contribution in [0.15, 0.2) is 18.2 Å². The van der Waals surface area contributed by atoms with Crippen LogP contribution in [0.1, 0.15) is 68.2 Å². The Bertz CT molecular complexity index is 728. The van der Waals surface area contributed by atoms with Gasteiger partial charge in [-0.2, -0.15) is 12.6 Å². The number of hydrogen-bond acceptors (Lipinski definition) is 5. The Morgan fingerprint density at radius 1 is 1.30 bits per heavy atom. The van der Waals surface area contributed by atoms with Gasteiger partial charge < -0.3 is 30.3 Å². The van der Waals surface area contributed by atoms with Gasteiger partial charge in [0, 0.05) is 35.2 Å². The molecule has 0 aromatic heterocycles. The van der Waals surface area contributed by atoms with Crippen LogP contribution in [0.4, 0.5) is 0 Å². The number of nitrogens with one attached hydrogen (secondary N) is 2. The van der Waals surface area contributed by atoms with Crippen LogP contribution in [-0.2, 0) is 15.0 Å². The van der Waals surface area contributed by atoms with Gasteiger partial charge in [-0.3, -0.25) is 4.79 Å². The third-order valence-corrected chi connectivity index (χ3v) is 9.29. The lowest BCUT2D eigenvalue weighted by molar-refractivity contribution is -0.119. The van der Waals surface area contributed by atoms with E-state index in [0.717, 1.165) is 22.0 Å². The lowest BCUT2D eigenvalue weighted by atomic mass is 9.84. The van der Waals surface area contributed by atoms with Gasteiger partial charge in [0.05, 0.1) is 0 Å². The van der Waals surface area contributed by atoms with E-state index < -0.39 is 10.6 Å². The monoisotopic (exact) mass is 564 g/mol. The van der Waals surface area contributed by atoms with Crippen molar-refractivity contribution in [2.24, 2.45) is 5.92 Å². The Hall–Kier alpha value is -0.000000000000000111. The zero-order valence-electron chi connectivity index (χ0n) is 17.6. The second-order valence-electron chi connectivity index (χ2n) is 8.80. The van der Waals surface area contributed by atoms with Crippen LogP contribution in [-0.4, -0.2) is 38.6 Å². The van der Waals surface area contributed by atoms with Gasteiger partial charge >= 0.3 is 0 Å². The van der Waals surface area contributed by atoms with Crippen LogP contribution >= 0.6 is 45.8 Å². The third kappa shape index (κ3) is 7.00. The molecule has 1 amide bonds. The van der Waals surface area contributed by atoms with Crippen LogP contribution in [0.25, 0.3) is 0 Å². The van der Waals surface area contributed by atoms with Crippen LogP contribution in [0.2, 0.25) is 0 Å². The Morgan fingerprint density at radius 3 is 2.70 bits per heavy atom. The summed E-state index contributed by atoms with van der Waals surface area (Å²) in [7, 11) is -3.13. The molecule has 5 nitrogen and oxygen atoms in total. The molecular weight excluding hydrogens is 531 g/mol. The fraction of sp³-hybridized carbons (Fsp3) is 0.682. The highest BCUT2D eigenvalue weighted by molar-refractivity contribution is 14.1. The summed E-state index contributed by atoms with van der Waals surface area (Å²) in [4.78, 5) is 11.8. The summed E-state index contributed by atoms with van der Waals surface area (Å²) in [6.07, 6.45) is 7.22. The molecule has 0 saturated heterocycles. The number of hydrogen-bond donors (Lipinski definition) is 3. The van der Waals surface area contributed by atoms with Crippen LogP contribution in [0, 0.1) is 5.92 Å². The van der Waals surface area contributed by atoms with Gasteiger partial charge in [0.15, 0.2) is 0 Å². The average Bonchev–Trinajstić information content (AvgIpc) is 2.70. The fourth-order valence-corrected chi connectivity index (χ4v) is 7.19. The highest BCUT2D eigenvalue weighted by atomic mass is 127. The lowest BCUT2D eigenvalue weighted by Gasteiger charge is -2.64. The molecule has 1 aromatic carbocycles. The molecule has 3 rings (SSSR count). The summed E-state index contributed by atoms with van der Waals surface area (Å²) in [5, 5.41) is 6.49. The number of benzene rings is 1. The highest BCUT2D eigenvalue weighted by Gasteiger charge is 2.27. The summed E-state index contributed by atoms with van der Waals surface area (Å²) in [6, 6.07) is 5.86. The van der Waals surface area contributed by atoms with Crippen LogP contribution in [0.3, 0.4) is 0 Å². The lowest BCUT2D eigenvalue weighted by Crippen LogP contribution is -2.46. The molecule has 3 atom stereocenters. The minimum Gasteiger partial charge on any atom is -0.800 e. The third-order valence-electron chi connectivity index (χ3n) is 6.27. The van der Waals surface area contributed by atoms with Crippen molar-refractivity contribution in [3.05, 3.63) is 34.9 Å². The van der Waals surface area contributed by atoms with Crippen molar-refractivity contribution < 1.29 is 13.9 Å². The smallest absolute Gasteiger partial charge is 0.217 e. The van der Waals surface area contributed by atoms with E-state index in [2.05, 4.69) is 39.3 Å². The summed E-state index contributed by atoms with van der Waals surface area (Å²) in [5.41, 5.74) is 3.18. The molecule has 0 radical (unpaired) electrons. The van der Waals surface area contributed by atoms with Gasteiger partial charge in [0.2, 0.25) is 5.91 Å². The van der Waals surface area contributed by atoms with E-state index in [9.17, 15) is 13.9 Å². The largest absolute Gasteiger partial charge is 0.800 e. The van der Waals surface area contributed by atoms with Gasteiger partial charge in [-0.15, -0.1) is 0 Å². The van der Waals surface area contributed by atoms with Crippen molar-refractivity contribution in [2.75, 3.05) is 12.3 Å². The van der Waals surface area contributed by atoms with E-state index in [-0.39, 0.29) is 34.7 Å². The predicted molar refractivity (Wildman–Crippen MR) is 134 cm³/mol. The van der Waals surface area contributed by atoms with E-state index in [1.165, 1.54) is 37.7 Å². The molecule has 0 unspecified atom stereocenters. The first-order chi connectivity index (χ1) is 14.3. The molecule has 0 bridgehead atoms. The Labute approximate surface area is 201 Å². The van der Waals surface area contributed by atoms with Crippen molar-refractivity contribution in [1.29, 1.82) is 0 Å². The molecule has 1 aromatic rings. The highest BCUT2D eigenvalue weighted by Crippen LogP contribution is 2.50. The van der Waals surface area contributed by atoms with Gasteiger partial charge in [-0.25, -0.2) is 0 Å². The zero-order valence-corrected chi connectivity index (χ0v) is 21.4. The van der Waals surface area contributed by atoms with Crippen LogP contribution < -0.4 is 10.6 Å². The van der Waals surface area contributed by atoms with Crippen molar-refractivity contribution in [3.8, 4) is 0 Å². The normalized spacial score (nSPS) is 24.5. The van der Waals surface area contributed by atoms with Gasteiger partial charge in [-0.1, -0.05) is 72.9 Å². The van der Waals surface area contributed by atoms with Gasteiger partial charge in [0.25, 0.3) is 0 Å². The number of thiol groups is 1. The van der Waals surface area contributed by atoms with E-state index in [1.54, 1.807) is 6.92 Å². The van der Waals surface area contributed by atoms with Crippen molar-refractivity contribution in [3.63, 3.8) is 0 Å². The SMILES string of the molecule is CC(=O)N[C@@H](CC1CCCCC1)[C@H](S)CN[C@H]1CS([O-])([O-])Cc2ccc(CI)cc21. The number of amides is 1. The van der Waals surface area contributed by atoms with E-state index in [4.69, 9.17) is 12.6 Å². The molecule has 1 heterocycles. The van der Waals surface area contributed by atoms with E-state index in [0.29, 0.717) is 12.5 Å². The molecule has 1 aliphatic carbocycles. The standard InChI is InChI=1S/C22H35IN2O3S2/c1-15(26)25-20(10-16-5-3-2-4-6-16)22(29)12-24-21-14-30(27,28)13-18-8-7-17(11-23)9-19(18)21/h7-9,16,20-22,24,27-29H,2-6,10-14H2,1H3,(H,25,26)/p-2/t20-,21-,22+/m0/s1. The number of halogens is 1. The van der Waals surface area contributed by atoms with E-state index in [1.807, 2.05) is 12.1 Å². The first-order valence-electron chi connectivity index (χ1n) is 10.8. The Kier molecular flexibility index (Phi) is 9.22. The summed E-state index contributed by atoms with van der Waals surface area (Å²) >= 11 is 7.15. The number of alkyl halides is 1. The molecule has 170 valence electrons. The summed E-state index contributed by atoms with van der Waals surface area (Å²) in [6.45, 7) is 2.10. The molecule has 8 heteroatoms. The number of carbonyl (C=O) groups is 1. The topological polar surface area (TPSA) is 87.2 Å². The van der Waals surface area contributed by atoms with Crippen LogP contribution in [0.5, 0.6) is 0 Å². The minimum atomic E-state index is -3.13. The number of sulfone groups is 1. The Morgan fingerprint density at radius 2 is 2.03 bits per heavy atom. The quantitative estimate of drug-likeness (QED) is 0.245. The molecular formula is C22H33IN2O3S2-2. The molecule has 0 spiro atoms. The van der Waals surface area contributed by atoms with Crippen molar-refractivity contribution in [1.82, 2.24) is 10.6 Å². The second kappa shape index (κ2) is 11.2. The molecule has 1 aliphatic heterocycles. The molecule has 2 N–H and O–H groups in total. The molecule has 1 saturated carbocycles. The first kappa shape index (κ1) is 24.6. The molecule has 30 heavy (non-hydrogen) atoms. The Balaban J connectivity index is 1.67.